The van der Waals surface area contributed by atoms with Gasteiger partial charge >= 0.3 is 0 Å². The lowest BCUT2D eigenvalue weighted by Crippen LogP contribution is -2.36. The lowest BCUT2D eigenvalue weighted by molar-refractivity contribution is -0.123. The van der Waals surface area contributed by atoms with Crippen LogP contribution in [0.2, 0.25) is 0 Å². The van der Waals surface area contributed by atoms with Gasteiger partial charge in [-0.15, -0.1) is 0 Å². The van der Waals surface area contributed by atoms with E-state index in [1.165, 1.54) is 0 Å². The largest absolute Gasteiger partial charge is 0.354 e. The molecule has 1 aromatic heterocycles. The second-order valence-electron chi connectivity index (χ2n) is 3.92. The summed E-state index contributed by atoms with van der Waals surface area (Å²) in [5.41, 5.74) is 0.377. The summed E-state index contributed by atoms with van der Waals surface area (Å²) in [6, 6.07) is 5.14. The van der Waals surface area contributed by atoms with Crippen molar-refractivity contribution >= 4 is 11.8 Å². The molecular weight excluding hydrogens is 218 g/mol. The van der Waals surface area contributed by atoms with Crippen molar-refractivity contribution in [3.05, 3.63) is 30.1 Å². The molecule has 0 radical (unpaired) electrons. The van der Waals surface area contributed by atoms with Gasteiger partial charge in [0, 0.05) is 25.2 Å². The van der Waals surface area contributed by atoms with E-state index in [0.29, 0.717) is 18.8 Å². The van der Waals surface area contributed by atoms with E-state index < -0.39 is 0 Å². The average Bonchev–Trinajstić information content (AvgIpc) is 2.35. The van der Waals surface area contributed by atoms with Crippen molar-refractivity contribution in [2.75, 3.05) is 13.1 Å². The molecule has 0 unspecified atom stereocenters. The smallest absolute Gasteiger partial charge is 0.269 e. The number of amides is 2. The molecule has 5 heteroatoms. The highest BCUT2D eigenvalue weighted by Crippen LogP contribution is 1.92. The molecule has 0 saturated carbocycles. The summed E-state index contributed by atoms with van der Waals surface area (Å²) in [7, 11) is 0. The van der Waals surface area contributed by atoms with Crippen molar-refractivity contribution in [3.8, 4) is 0 Å². The first-order valence-corrected chi connectivity index (χ1v) is 5.58. The monoisotopic (exact) mass is 235 g/mol. The number of carbonyl (C=O) groups is 2. The Morgan fingerprint density at radius 2 is 1.94 bits per heavy atom. The molecule has 17 heavy (non-hydrogen) atoms. The van der Waals surface area contributed by atoms with Crippen molar-refractivity contribution in [1.82, 2.24) is 15.6 Å². The van der Waals surface area contributed by atoms with Gasteiger partial charge in [0.1, 0.15) is 5.69 Å². The van der Waals surface area contributed by atoms with Crippen LogP contribution in [0.1, 0.15) is 24.3 Å². The van der Waals surface area contributed by atoms with Crippen LogP contribution >= 0.6 is 0 Å². The third-order valence-corrected chi connectivity index (χ3v) is 2.13. The number of aromatic nitrogens is 1. The molecular formula is C12H17N3O2. The van der Waals surface area contributed by atoms with Crippen LogP contribution in [0.4, 0.5) is 0 Å². The highest BCUT2D eigenvalue weighted by molar-refractivity contribution is 5.92. The number of hydrogen-bond donors (Lipinski definition) is 2. The number of nitrogens with one attached hydrogen (secondary N) is 2. The molecule has 2 N–H and O–H groups in total. The molecule has 0 aliphatic rings. The number of rotatable bonds is 5. The molecule has 1 aromatic rings. The molecule has 1 rings (SSSR count). The fourth-order valence-corrected chi connectivity index (χ4v) is 1.15. The minimum atomic E-state index is -0.232. The molecule has 0 aliphatic carbocycles. The number of nitrogens with zero attached hydrogens (tertiary/aromatic N) is 1. The Hall–Kier alpha value is -1.91. The van der Waals surface area contributed by atoms with Gasteiger partial charge in [-0.1, -0.05) is 19.9 Å². The van der Waals surface area contributed by atoms with Crippen LogP contribution in [0.25, 0.3) is 0 Å². The zero-order valence-corrected chi connectivity index (χ0v) is 10.1. The lowest BCUT2D eigenvalue weighted by atomic mass is 10.2. The van der Waals surface area contributed by atoms with Gasteiger partial charge in [0.25, 0.3) is 5.91 Å². The summed E-state index contributed by atoms with van der Waals surface area (Å²) in [6.07, 6.45) is 1.56. The predicted octanol–water partition coefficient (Wildman–Crippen LogP) is 0.584. The summed E-state index contributed by atoms with van der Waals surface area (Å²) in [5.74, 6) is -0.289. The first kappa shape index (κ1) is 13.2. The number of carbonyl (C=O) groups excluding carboxylic acids is 2. The van der Waals surface area contributed by atoms with Crippen molar-refractivity contribution in [1.29, 1.82) is 0 Å². The predicted molar refractivity (Wildman–Crippen MR) is 64.4 cm³/mol. The van der Waals surface area contributed by atoms with Crippen LogP contribution < -0.4 is 10.6 Å². The minimum Gasteiger partial charge on any atom is -0.354 e. The molecule has 0 aliphatic heterocycles. The average molecular weight is 235 g/mol. The van der Waals surface area contributed by atoms with Crippen LogP contribution in [0.5, 0.6) is 0 Å². The Morgan fingerprint density at radius 1 is 1.24 bits per heavy atom. The Bertz CT molecular complexity index is 377. The van der Waals surface area contributed by atoms with Crippen LogP contribution in [-0.4, -0.2) is 29.9 Å². The van der Waals surface area contributed by atoms with E-state index in [2.05, 4.69) is 15.6 Å². The Kier molecular flexibility index (Phi) is 5.13. The maximum absolute atomic E-state index is 11.5. The van der Waals surface area contributed by atoms with Crippen LogP contribution in [-0.2, 0) is 4.79 Å². The van der Waals surface area contributed by atoms with Crippen molar-refractivity contribution in [2.24, 2.45) is 5.92 Å². The van der Waals surface area contributed by atoms with E-state index in [1.54, 1.807) is 24.4 Å². The third-order valence-electron chi connectivity index (χ3n) is 2.13. The van der Waals surface area contributed by atoms with E-state index in [9.17, 15) is 9.59 Å². The lowest BCUT2D eigenvalue weighted by Gasteiger charge is -2.08. The Morgan fingerprint density at radius 3 is 2.53 bits per heavy atom. The van der Waals surface area contributed by atoms with Gasteiger partial charge in [0.05, 0.1) is 0 Å². The molecule has 0 atom stereocenters. The van der Waals surface area contributed by atoms with E-state index >= 15 is 0 Å². The molecule has 0 saturated heterocycles. The van der Waals surface area contributed by atoms with Crippen molar-refractivity contribution < 1.29 is 9.59 Å². The summed E-state index contributed by atoms with van der Waals surface area (Å²) < 4.78 is 0. The highest BCUT2D eigenvalue weighted by atomic mass is 16.2. The van der Waals surface area contributed by atoms with Crippen molar-refractivity contribution in [2.45, 2.75) is 13.8 Å². The van der Waals surface area contributed by atoms with Gasteiger partial charge in [-0.25, -0.2) is 0 Å². The summed E-state index contributed by atoms with van der Waals surface area (Å²) in [6.45, 7) is 4.47. The van der Waals surface area contributed by atoms with Crippen LogP contribution in [0, 0.1) is 5.92 Å². The third kappa shape index (κ3) is 4.63. The standard InChI is InChI=1S/C12H17N3O2/c1-9(2)11(16)14-7-8-15-12(17)10-5-3-4-6-13-10/h3-6,9H,7-8H2,1-2H3,(H,14,16)(H,15,17). The second kappa shape index (κ2) is 6.62. The zero-order valence-electron chi connectivity index (χ0n) is 10.1. The van der Waals surface area contributed by atoms with Gasteiger partial charge < -0.3 is 10.6 Å². The van der Waals surface area contributed by atoms with Crippen LogP contribution in [0.15, 0.2) is 24.4 Å². The van der Waals surface area contributed by atoms with Gasteiger partial charge in [-0.2, -0.15) is 0 Å². The van der Waals surface area contributed by atoms with Crippen LogP contribution in [0.3, 0.4) is 0 Å². The fourth-order valence-electron chi connectivity index (χ4n) is 1.15. The number of pyridine rings is 1. The molecule has 0 spiro atoms. The molecule has 2 amide bonds. The maximum Gasteiger partial charge on any atom is 0.269 e. The normalized spacial score (nSPS) is 10.1. The summed E-state index contributed by atoms with van der Waals surface area (Å²) >= 11 is 0. The minimum absolute atomic E-state index is 0.0166. The molecule has 5 nitrogen and oxygen atoms in total. The fraction of sp³-hybridized carbons (Fsp3) is 0.417. The first-order valence-electron chi connectivity index (χ1n) is 5.58. The molecule has 0 bridgehead atoms. The zero-order chi connectivity index (χ0) is 12.7. The van der Waals surface area contributed by atoms with Crippen molar-refractivity contribution in [3.63, 3.8) is 0 Å². The molecule has 0 fully saturated rings. The van der Waals surface area contributed by atoms with E-state index in [1.807, 2.05) is 13.8 Å². The molecule has 1 heterocycles. The van der Waals surface area contributed by atoms with E-state index in [-0.39, 0.29) is 17.7 Å². The quantitative estimate of drug-likeness (QED) is 0.733. The second-order valence-corrected chi connectivity index (χ2v) is 3.92. The summed E-state index contributed by atoms with van der Waals surface area (Å²) in [5, 5.41) is 5.39. The van der Waals surface area contributed by atoms with Gasteiger partial charge in [-0.05, 0) is 12.1 Å². The highest BCUT2D eigenvalue weighted by Gasteiger charge is 2.07. The summed E-state index contributed by atoms with van der Waals surface area (Å²) in [4.78, 5) is 26.7. The van der Waals surface area contributed by atoms with Gasteiger partial charge in [0.15, 0.2) is 0 Å². The van der Waals surface area contributed by atoms with Gasteiger partial charge in [0.2, 0.25) is 5.91 Å². The number of hydrogen-bond acceptors (Lipinski definition) is 3. The van der Waals surface area contributed by atoms with E-state index in [4.69, 9.17) is 0 Å². The molecule has 92 valence electrons. The Balaban J connectivity index is 2.24. The first-order chi connectivity index (χ1) is 8.11. The maximum atomic E-state index is 11.5. The van der Waals surface area contributed by atoms with Gasteiger partial charge in [-0.3, -0.25) is 14.6 Å². The SMILES string of the molecule is CC(C)C(=O)NCCNC(=O)c1ccccn1. The Labute approximate surface area is 101 Å². The molecule has 0 aromatic carbocycles. The van der Waals surface area contributed by atoms with E-state index in [0.717, 1.165) is 0 Å². The topological polar surface area (TPSA) is 71.1 Å².